The van der Waals surface area contributed by atoms with Crippen molar-refractivity contribution in [3.05, 3.63) is 0 Å². The van der Waals surface area contributed by atoms with Crippen molar-refractivity contribution in [3.8, 4) is 0 Å². The molecular weight excluding hydrogens is 182 g/mol. The van der Waals surface area contributed by atoms with Crippen LogP contribution in [0.3, 0.4) is 0 Å². The molecule has 0 N–H and O–H groups in total. The van der Waals surface area contributed by atoms with Crippen LogP contribution in [0.15, 0.2) is 16.6 Å². The van der Waals surface area contributed by atoms with Crippen molar-refractivity contribution >= 4 is 40.6 Å². The molecule has 0 atom stereocenters. The molecule has 0 aliphatic carbocycles. The Kier molecular flexibility index (Phi) is 3.97. The van der Waals surface area contributed by atoms with Gasteiger partial charge in [-0.3, -0.25) is 0 Å². The van der Waals surface area contributed by atoms with Crippen molar-refractivity contribution in [2.24, 2.45) is 16.6 Å². The summed E-state index contributed by atoms with van der Waals surface area (Å²) in [5.41, 5.74) is 0. The summed E-state index contributed by atoms with van der Waals surface area (Å²) in [6.07, 6.45) is 0. The van der Waals surface area contributed by atoms with Gasteiger partial charge in [0.2, 0.25) is 0 Å². The van der Waals surface area contributed by atoms with Crippen LogP contribution in [-0.4, -0.2) is 0 Å². The molecule has 0 radical (unpaired) electrons. The number of rotatable bonds is 0. The number of hydrogen-bond acceptors (Lipinski definition) is 6. The van der Waals surface area contributed by atoms with Crippen LogP contribution in [0.4, 0.5) is 0 Å². The van der Waals surface area contributed by atoms with E-state index < -0.39 is 0 Å². The molecule has 0 aromatic rings. The molecule has 8 heteroatoms. The molecule has 0 bridgehead atoms. The fourth-order valence-corrected chi connectivity index (χ4v) is 2.27. The molecule has 1 aliphatic rings. The SMILES string of the molecule is N1=[P+]=NSN=[P+]=NS1. The Labute approximate surface area is 57.6 Å². The zero-order chi connectivity index (χ0) is 5.66. The molecule has 0 saturated carbocycles. The molecule has 40 valence electrons. The van der Waals surface area contributed by atoms with E-state index in [1.807, 2.05) is 0 Å². The second-order valence-corrected chi connectivity index (χ2v) is 3.97. The summed E-state index contributed by atoms with van der Waals surface area (Å²) in [4.78, 5) is 0. The second-order valence-electron chi connectivity index (χ2n) is 0.669. The fraction of sp³-hybridized carbons (Fsp3) is 0. The van der Waals surface area contributed by atoms with Crippen molar-refractivity contribution in [1.29, 1.82) is 0 Å². The van der Waals surface area contributed by atoms with Crippen LogP contribution < -0.4 is 0 Å². The van der Waals surface area contributed by atoms with Crippen molar-refractivity contribution in [1.82, 2.24) is 0 Å². The predicted octanol–water partition coefficient (Wildman–Crippen LogP) is 3.75. The zero-order valence-corrected chi connectivity index (χ0v) is 6.92. The number of hydrogen-bond donors (Lipinski definition) is 0. The second kappa shape index (κ2) is 4.62. The first kappa shape index (κ1) is 6.87. The standard InChI is InChI=1S/N4P2S2/c1-5-2-8-4-6-3-7-1/q+2. The third-order valence-corrected chi connectivity index (χ3v) is 2.63. The van der Waals surface area contributed by atoms with Crippen LogP contribution in [0.5, 0.6) is 0 Å². The molecule has 0 aromatic carbocycles. The summed E-state index contributed by atoms with van der Waals surface area (Å²) in [5.74, 6) is 0. The Morgan fingerprint density at radius 1 is 0.750 bits per heavy atom. The summed E-state index contributed by atoms with van der Waals surface area (Å²) in [6, 6.07) is 0. The molecule has 0 spiro atoms. The van der Waals surface area contributed by atoms with Crippen LogP contribution >= 0.6 is 40.6 Å². The van der Waals surface area contributed by atoms with Crippen LogP contribution in [0.2, 0.25) is 0 Å². The third kappa shape index (κ3) is 2.92. The van der Waals surface area contributed by atoms with E-state index in [-0.39, 0.29) is 0 Å². The van der Waals surface area contributed by atoms with E-state index in [4.69, 9.17) is 0 Å². The maximum absolute atomic E-state index is 3.80. The summed E-state index contributed by atoms with van der Waals surface area (Å²) in [6.45, 7) is 0. The molecule has 0 aromatic heterocycles. The maximum atomic E-state index is 3.80. The molecule has 1 rings (SSSR count). The van der Waals surface area contributed by atoms with Gasteiger partial charge in [0.15, 0.2) is 0 Å². The van der Waals surface area contributed by atoms with Gasteiger partial charge in [-0.05, 0) is 0 Å². The molecule has 1 aliphatic heterocycles. The van der Waals surface area contributed by atoms with Crippen molar-refractivity contribution in [2.45, 2.75) is 0 Å². The molecule has 1 heterocycles. The van der Waals surface area contributed by atoms with E-state index in [1.54, 1.807) is 0 Å². The quantitative estimate of drug-likeness (QED) is 0.423. The van der Waals surface area contributed by atoms with Crippen LogP contribution in [0.1, 0.15) is 0 Å². The Hall–Kier alpha value is 0.760. The van der Waals surface area contributed by atoms with Crippen molar-refractivity contribution < 1.29 is 0 Å². The molecular formula is N4P2S2+2. The Morgan fingerprint density at radius 2 is 1.12 bits per heavy atom. The van der Waals surface area contributed by atoms with Gasteiger partial charge >= 0.3 is 57.2 Å². The van der Waals surface area contributed by atoms with E-state index >= 15 is 0 Å². The molecule has 0 saturated heterocycles. The average molecular weight is 182 g/mol. The van der Waals surface area contributed by atoms with E-state index in [0.717, 1.165) is 24.3 Å². The Balaban J connectivity index is 2.67. The van der Waals surface area contributed by atoms with Gasteiger partial charge in [0.05, 0.1) is 0 Å². The third-order valence-electron chi connectivity index (χ3n) is 0.292. The minimum absolute atomic E-state index is 0.694. The molecule has 0 fully saturated rings. The summed E-state index contributed by atoms with van der Waals surface area (Å²) in [7, 11) is 1.39. The molecule has 0 amide bonds. The van der Waals surface area contributed by atoms with Gasteiger partial charge in [-0.15, -0.1) is 0 Å². The normalized spacial score (nSPS) is 18.0. The van der Waals surface area contributed by atoms with Gasteiger partial charge < -0.3 is 0 Å². The average Bonchev–Trinajstić information content (AvgIpc) is 1.62. The van der Waals surface area contributed by atoms with E-state index in [9.17, 15) is 0 Å². The van der Waals surface area contributed by atoms with E-state index in [1.165, 1.54) is 0 Å². The first-order valence-electron chi connectivity index (χ1n) is 1.53. The van der Waals surface area contributed by atoms with Gasteiger partial charge in [0.25, 0.3) is 0 Å². The Bertz CT molecular complexity index is 150. The Morgan fingerprint density at radius 3 is 1.50 bits per heavy atom. The number of nitrogens with zero attached hydrogens (tertiary/aromatic N) is 4. The van der Waals surface area contributed by atoms with Gasteiger partial charge in [0, 0.05) is 0 Å². The van der Waals surface area contributed by atoms with Gasteiger partial charge in [0.1, 0.15) is 0 Å². The molecule has 0 unspecified atom stereocenters. The topological polar surface area (TPSA) is 49.4 Å². The monoisotopic (exact) mass is 182 g/mol. The van der Waals surface area contributed by atoms with Crippen LogP contribution in [0.25, 0.3) is 0 Å². The predicted molar refractivity (Wildman–Crippen MR) is 38.7 cm³/mol. The van der Waals surface area contributed by atoms with Gasteiger partial charge in [-0.1, -0.05) is 0 Å². The van der Waals surface area contributed by atoms with E-state index in [0.29, 0.717) is 16.3 Å². The first-order chi connectivity index (χ1) is 4.00. The summed E-state index contributed by atoms with van der Waals surface area (Å²) < 4.78 is 15.2. The minimum atomic E-state index is 0.694. The zero-order valence-electron chi connectivity index (χ0n) is 3.50. The van der Waals surface area contributed by atoms with Crippen molar-refractivity contribution in [2.75, 3.05) is 0 Å². The molecule has 8 heavy (non-hydrogen) atoms. The fourth-order valence-electron chi connectivity index (χ4n) is 0.128. The van der Waals surface area contributed by atoms with Crippen LogP contribution in [0, 0.1) is 0 Å². The van der Waals surface area contributed by atoms with E-state index in [2.05, 4.69) is 16.6 Å². The van der Waals surface area contributed by atoms with Gasteiger partial charge in [-0.25, -0.2) is 0 Å². The summed E-state index contributed by atoms with van der Waals surface area (Å²) in [5, 5.41) is 0. The van der Waals surface area contributed by atoms with Crippen LogP contribution in [-0.2, 0) is 0 Å². The van der Waals surface area contributed by atoms with Gasteiger partial charge in [-0.2, -0.15) is 0 Å². The molecule has 4 nitrogen and oxygen atoms in total. The first-order valence-corrected chi connectivity index (χ1v) is 4.59. The van der Waals surface area contributed by atoms with Crippen molar-refractivity contribution in [3.63, 3.8) is 0 Å². The summed E-state index contributed by atoms with van der Waals surface area (Å²) >= 11 is 2.31.